The lowest BCUT2D eigenvalue weighted by atomic mass is 9.89. The van der Waals surface area contributed by atoms with E-state index in [0.29, 0.717) is 47.0 Å². The van der Waals surface area contributed by atoms with Gasteiger partial charge in [-0.25, -0.2) is 23.7 Å². The Labute approximate surface area is 223 Å². The Morgan fingerprint density at radius 3 is 2.67 bits per heavy atom. The van der Waals surface area contributed by atoms with E-state index in [1.54, 1.807) is 36.7 Å². The molecule has 7 nitrogen and oxygen atoms in total. The average Bonchev–Trinajstić information content (AvgIpc) is 3.64. The molecule has 0 bridgehead atoms. The summed E-state index contributed by atoms with van der Waals surface area (Å²) in [4.78, 5) is 28.9. The van der Waals surface area contributed by atoms with Crippen molar-refractivity contribution < 1.29 is 18.0 Å². The molecule has 3 aromatic heterocycles. The number of aryl methyl sites for hydroxylation is 1. The van der Waals surface area contributed by atoms with Crippen LogP contribution in [0.25, 0.3) is 34.0 Å². The van der Waals surface area contributed by atoms with E-state index in [0.717, 1.165) is 36.0 Å². The number of pyridine rings is 1. The van der Waals surface area contributed by atoms with Crippen molar-refractivity contribution in [3.05, 3.63) is 89.4 Å². The van der Waals surface area contributed by atoms with Crippen LogP contribution in [0.5, 0.6) is 0 Å². The summed E-state index contributed by atoms with van der Waals surface area (Å²) in [5, 5.41) is 0. The summed E-state index contributed by atoms with van der Waals surface area (Å²) < 4.78 is 36.6. The van der Waals surface area contributed by atoms with Gasteiger partial charge in [-0.2, -0.15) is 0 Å². The highest BCUT2D eigenvalue weighted by Crippen LogP contribution is 2.40. The first-order valence-corrected chi connectivity index (χ1v) is 13.1. The van der Waals surface area contributed by atoms with Gasteiger partial charge < -0.3 is 13.9 Å². The highest BCUT2D eigenvalue weighted by Gasteiger charge is 2.37. The normalized spacial score (nSPS) is 19.2. The standard InChI is InChI=1S/C30H25F2N5O2/c1-17-16-39-29(34-17)25-13-27-26(14-33-25)35-28(22-7-2-3-8-24(22)32)37(27)21-6-4-5-20(12-21)36-15-18-9-10-19(31)11-23(18)30(36)38/h2-3,7-11,13-14,16,20-21H,4-6,12,15H2,1H3. The van der Waals surface area contributed by atoms with Crippen molar-refractivity contribution in [3.8, 4) is 23.0 Å². The van der Waals surface area contributed by atoms with Gasteiger partial charge in [-0.1, -0.05) is 18.2 Å². The Kier molecular flexibility index (Phi) is 5.54. The molecule has 0 saturated heterocycles. The molecule has 0 radical (unpaired) electrons. The van der Waals surface area contributed by atoms with Crippen LogP contribution in [0.2, 0.25) is 0 Å². The molecule has 0 spiro atoms. The Morgan fingerprint density at radius 1 is 1.00 bits per heavy atom. The van der Waals surface area contributed by atoms with Crippen LogP contribution in [0, 0.1) is 18.6 Å². The smallest absolute Gasteiger partial charge is 0.254 e. The number of aromatic nitrogens is 4. The van der Waals surface area contributed by atoms with E-state index < -0.39 is 5.82 Å². The molecule has 1 amide bonds. The summed E-state index contributed by atoms with van der Waals surface area (Å²) in [5.41, 5.74) is 4.45. The molecule has 2 aliphatic rings. The quantitative estimate of drug-likeness (QED) is 0.268. The summed E-state index contributed by atoms with van der Waals surface area (Å²) in [6, 6.07) is 12.9. The number of imidazole rings is 1. The molecule has 7 rings (SSSR count). The lowest BCUT2D eigenvalue weighted by Crippen LogP contribution is -2.39. The van der Waals surface area contributed by atoms with Crippen molar-refractivity contribution in [1.29, 1.82) is 0 Å². The molecule has 196 valence electrons. The van der Waals surface area contributed by atoms with Gasteiger partial charge in [0.15, 0.2) is 0 Å². The van der Waals surface area contributed by atoms with Crippen molar-refractivity contribution in [2.45, 2.75) is 51.2 Å². The minimum absolute atomic E-state index is 0.0340. The van der Waals surface area contributed by atoms with E-state index in [9.17, 15) is 9.18 Å². The molecule has 1 saturated carbocycles. The topological polar surface area (TPSA) is 77.0 Å². The number of nitrogens with zero attached hydrogens (tertiary/aromatic N) is 5. The predicted molar refractivity (Wildman–Crippen MR) is 141 cm³/mol. The van der Waals surface area contributed by atoms with Gasteiger partial charge >= 0.3 is 0 Å². The zero-order chi connectivity index (χ0) is 26.7. The molecule has 1 aliphatic heterocycles. The van der Waals surface area contributed by atoms with Crippen molar-refractivity contribution in [2.75, 3.05) is 0 Å². The maximum Gasteiger partial charge on any atom is 0.254 e. The highest BCUT2D eigenvalue weighted by molar-refractivity contribution is 5.98. The van der Waals surface area contributed by atoms with E-state index in [2.05, 4.69) is 14.5 Å². The molecular formula is C30H25F2N5O2. The van der Waals surface area contributed by atoms with Gasteiger partial charge in [0.25, 0.3) is 5.91 Å². The number of carbonyl (C=O) groups excluding carboxylic acids is 1. The maximum atomic E-state index is 15.1. The van der Waals surface area contributed by atoms with E-state index in [4.69, 9.17) is 9.40 Å². The van der Waals surface area contributed by atoms with Crippen LogP contribution in [0.1, 0.15) is 53.3 Å². The lowest BCUT2D eigenvalue weighted by molar-refractivity contribution is 0.0630. The van der Waals surface area contributed by atoms with Gasteiger partial charge in [-0.15, -0.1) is 0 Å². The minimum atomic E-state index is -0.407. The first kappa shape index (κ1) is 23.7. The Bertz CT molecular complexity index is 1740. The van der Waals surface area contributed by atoms with Gasteiger partial charge in [0.1, 0.15) is 34.9 Å². The molecule has 9 heteroatoms. The summed E-state index contributed by atoms with van der Waals surface area (Å²) >= 11 is 0. The van der Waals surface area contributed by atoms with Crippen LogP contribution < -0.4 is 0 Å². The van der Waals surface area contributed by atoms with Gasteiger partial charge in [-0.05, 0) is 68.5 Å². The van der Waals surface area contributed by atoms with Crippen LogP contribution in [-0.2, 0) is 6.54 Å². The molecule has 2 atom stereocenters. The van der Waals surface area contributed by atoms with E-state index >= 15 is 4.39 Å². The summed E-state index contributed by atoms with van der Waals surface area (Å²) in [5.74, 6) is 0.0320. The second kappa shape index (κ2) is 9.11. The molecule has 0 N–H and O–H groups in total. The SMILES string of the molecule is Cc1coc(-c2cc3c(cn2)nc(-c2ccccc2F)n3C2CCCC(N3Cc4ccc(F)cc4C3=O)C2)n1. The zero-order valence-electron chi connectivity index (χ0n) is 21.3. The van der Waals surface area contributed by atoms with Crippen LogP contribution >= 0.6 is 0 Å². The molecule has 39 heavy (non-hydrogen) atoms. The monoisotopic (exact) mass is 525 g/mol. The van der Waals surface area contributed by atoms with Gasteiger partial charge in [0, 0.05) is 24.2 Å². The second-order valence-electron chi connectivity index (χ2n) is 10.3. The van der Waals surface area contributed by atoms with Crippen LogP contribution in [0.3, 0.4) is 0 Å². The number of hydrogen-bond donors (Lipinski definition) is 0. The number of benzene rings is 2. The van der Waals surface area contributed by atoms with E-state index in [1.807, 2.05) is 17.9 Å². The summed E-state index contributed by atoms with van der Waals surface area (Å²) in [6.45, 7) is 2.31. The van der Waals surface area contributed by atoms with Crippen LogP contribution in [0.4, 0.5) is 8.78 Å². The average molecular weight is 526 g/mol. The Balaban J connectivity index is 1.31. The second-order valence-corrected chi connectivity index (χ2v) is 10.3. The van der Waals surface area contributed by atoms with Crippen molar-refractivity contribution in [3.63, 3.8) is 0 Å². The van der Waals surface area contributed by atoms with Crippen molar-refractivity contribution >= 4 is 16.9 Å². The fraction of sp³-hybridized carbons (Fsp3) is 0.267. The molecule has 5 aromatic rings. The maximum absolute atomic E-state index is 15.1. The first-order valence-electron chi connectivity index (χ1n) is 13.1. The van der Waals surface area contributed by atoms with E-state index in [1.165, 1.54) is 18.2 Å². The molecule has 2 aromatic carbocycles. The third-order valence-electron chi connectivity index (χ3n) is 7.86. The van der Waals surface area contributed by atoms with Gasteiger partial charge in [0.05, 0.1) is 23.0 Å². The molecule has 1 aliphatic carbocycles. The number of fused-ring (bicyclic) bond motifs is 2. The Hall–Kier alpha value is -4.40. The molecule has 4 heterocycles. The number of hydrogen-bond acceptors (Lipinski definition) is 5. The van der Waals surface area contributed by atoms with Crippen molar-refractivity contribution in [2.24, 2.45) is 0 Å². The first-order chi connectivity index (χ1) is 19.0. The molecule has 1 fully saturated rings. The number of halogens is 2. The fourth-order valence-electron chi connectivity index (χ4n) is 6.04. The molecule has 2 unspecified atom stereocenters. The number of oxazole rings is 1. The summed E-state index contributed by atoms with van der Waals surface area (Å²) in [6.07, 6.45) is 6.50. The third-order valence-corrected chi connectivity index (χ3v) is 7.86. The van der Waals surface area contributed by atoms with E-state index in [-0.39, 0.29) is 23.8 Å². The third kappa shape index (κ3) is 4.00. The summed E-state index contributed by atoms with van der Waals surface area (Å²) in [7, 11) is 0. The predicted octanol–water partition coefficient (Wildman–Crippen LogP) is 6.48. The largest absolute Gasteiger partial charge is 0.443 e. The number of carbonyl (C=O) groups is 1. The van der Waals surface area contributed by atoms with Crippen LogP contribution in [-0.4, -0.2) is 36.4 Å². The highest BCUT2D eigenvalue weighted by atomic mass is 19.1. The van der Waals surface area contributed by atoms with Crippen molar-refractivity contribution in [1.82, 2.24) is 24.4 Å². The van der Waals surface area contributed by atoms with Gasteiger partial charge in [0.2, 0.25) is 5.89 Å². The zero-order valence-corrected chi connectivity index (χ0v) is 21.3. The fourth-order valence-corrected chi connectivity index (χ4v) is 6.04. The minimum Gasteiger partial charge on any atom is -0.443 e. The Morgan fingerprint density at radius 2 is 1.85 bits per heavy atom. The van der Waals surface area contributed by atoms with Crippen LogP contribution in [0.15, 0.2) is 65.4 Å². The molecular weight excluding hydrogens is 500 g/mol. The number of amides is 1. The lowest BCUT2D eigenvalue weighted by Gasteiger charge is -2.36. The van der Waals surface area contributed by atoms with Gasteiger partial charge in [-0.3, -0.25) is 4.79 Å². The number of rotatable bonds is 4.